The standard InChI is InChI=1S/C18H13N3O4S2/c1-24-15-8-11(14(21(22)23)9-16(15)25-2)7-12(10-19)26-18-20-13-5-3-4-6-17(13)27-18/h3-9H,1-2H3. The molecule has 0 bridgehead atoms. The lowest BCUT2D eigenvalue weighted by Crippen LogP contribution is -1.97. The number of thioether (sulfide) groups is 1. The lowest BCUT2D eigenvalue weighted by atomic mass is 10.1. The number of allylic oxidation sites excluding steroid dienone is 1. The molecule has 27 heavy (non-hydrogen) atoms. The highest BCUT2D eigenvalue weighted by atomic mass is 32.2. The van der Waals surface area contributed by atoms with Gasteiger partial charge < -0.3 is 9.47 Å². The number of fused-ring (bicyclic) bond motifs is 1. The summed E-state index contributed by atoms with van der Waals surface area (Å²) in [6.45, 7) is 0. The van der Waals surface area contributed by atoms with Gasteiger partial charge in [0.25, 0.3) is 5.69 Å². The third-order valence-corrected chi connectivity index (χ3v) is 5.62. The minimum Gasteiger partial charge on any atom is -0.493 e. The van der Waals surface area contributed by atoms with E-state index in [-0.39, 0.29) is 21.9 Å². The summed E-state index contributed by atoms with van der Waals surface area (Å²) >= 11 is 2.62. The number of nitrogens with zero attached hydrogens (tertiary/aromatic N) is 3. The fraction of sp³-hybridized carbons (Fsp3) is 0.111. The quantitative estimate of drug-likeness (QED) is 0.252. The first kappa shape index (κ1) is 18.7. The Balaban J connectivity index is 2.01. The maximum Gasteiger partial charge on any atom is 0.280 e. The Morgan fingerprint density at radius 2 is 2.00 bits per heavy atom. The Labute approximate surface area is 163 Å². The molecule has 7 nitrogen and oxygen atoms in total. The molecule has 0 aliphatic rings. The van der Waals surface area contributed by atoms with Gasteiger partial charge in [-0.1, -0.05) is 12.1 Å². The van der Waals surface area contributed by atoms with Gasteiger partial charge in [-0.15, -0.1) is 11.3 Å². The summed E-state index contributed by atoms with van der Waals surface area (Å²) in [4.78, 5) is 15.6. The number of para-hydroxylation sites is 1. The molecular weight excluding hydrogens is 386 g/mol. The number of thiazole rings is 1. The number of nitro groups is 1. The molecule has 9 heteroatoms. The van der Waals surface area contributed by atoms with Crippen molar-refractivity contribution in [2.75, 3.05) is 14.2 Å². The van der Waals surface area contributed by atoms with Gasteiger partial charge in [-0.25, -0.2) is 4.98 Å². The Bertz CT molecular complexity index is 1050. The van der Waals surface area contributed by atoms with Gasteiger partial charge in [0.1, 0.15) is 6.07 Å². The van der Waals surface area contributed by atoms with Crippen molar-refractivity contribution in [2.45, 2.75) is 4.34 Å². The molecule has 0 aliphatic carbocycles. The zero-order chi connectivity index (χ0) is 19.4. The summed E-state index contributed by atoms with van der Waals surface area (Å²) in [5.41, 5.74) is 0.924. The summed E-state index contributed by atoms with van der Waals surface area (Å²) in [7, 11) is 2.85. The molecule has 3 rings (SSSR count). The van der Waals surface area contributed by atoms with E-state index in [0.717, 1.165) is 10.2 Å². The minimum atomic E-state index is -0.523. The van der Waals surface area contributed by atoms with Gasteiger partial charge in [0.15, 0.2) is 15.8 Å². The van der Waals surface area contributed by atoms with Crippen LogP contribution in [-0.2, 0) is 0 Å². The highest BCUT2D eigenvalue weighted by molar-refractivity contribution is 8.05. The highest BCUT2D eigenvalue weighted by Gasteiger charge is 2.19. The van der Waals surface area contributed by atoms with E-state index in [0.29, 0.717) is 10.1 Å². The van der Waals surface area contributed by atoms with Crippen molar-refractivity contribution in [2.24, 2.45) is 0 Å². The van der Waals surface area contributed by atoms with Crippen molar-refractivity contribution in [1.29, 1.82) is 5.26 Å². The number of hydrogen-bond donors (Lipinski definition) is 0. The van der Waals surface area contributed by atoms with Crippen LogP contribution in [0.25, 0.3) is 16.3 Å². The summed E-state index contributed by atoms with van der Waals surface area (Å²) in [6, 6.07) is 12.5. The third-order valence-electron chi connectivity index (χ3n) is 3.60. The summed E-state index contributed by atoms with van der Waals surface area (Å²) in [6.07, 6.45) is 1.46. The second kappa shape index (κ2) is 8.07. The molecule has 136 valence electrons. The van der Waals surface area contributed by atoms with Crippen molar-refractivity contribution in [1.82, 2.24) is 4.98 Å². The Morgan fingerprint density at radius 1 is 1.30 bits per heavy atom. The normalized spacial score (nSPS) is 11.2. The molecule has 1 aromatic heterocycles. The van der Waals surface area contributed by atoms with Crippen LogP contribution in [0.2, 0.25) is 0 Å². The largest absolute Gasteiger partial charge is 0.493 e. The predicted molar refractivity (Wildman–Crippen MR) is 105 cm³/mol. The van der Waals surface area contributed by atoms with Crippen molar-refractivity contribution in [3.8, 4) is 17.6 Å². The number of rotatable bonds is 6. The number of methoxy groups -OCH3 is 2. The first-order valence-corrected chi connectivity index (χ1v) is 9.24. The smallest absolute Gasteiger partial charge is 0.280 e. The van der Waals surface area contributed by atoms with Crippen LogP contribution in [0.4, 0.5) is 5.69 Å². The summed E-state index contributed by atoms with van der Waals surface area (Å²) in [5, 5.41) is 20.9. The minimum absolute atomic E-state index is 0.176. The van der Waals surface area contributed by atoms with Gasteiger partial charge in [-0.2, -0.15) is 5.26 Å². The SMILES string of the molecule is COc1cc(C=C(C#N)Sc2nc3ccccc3s2)c([N+](=O)[O-])cc1OC. The molecule has 3 aromatic rings. The molecule has 0 radical (unpaired) electrons. The number of hydrogen-bond acceptors (Lipinski definition) is 8. The van der Waals surface area contributed by atoms with Gasteiger partial charge >= 0.3 is 0 Å². The molecule has 2 aromatic carbocycles. The van der Waals surface area contributed by atoms with Crippen molar-refractivity contribution in [3.05, 3.63) is 57.0 Å². The van der Waals surface area contributed by atoms with Crippen molar-refractivity contribution in [3.63, 3.8) is 0 Å². The summed E-state index contributed by atoms with van der Waals surface area (Å²) < 4.78 is 12.0. The zero-order valence-corrected chi connectivity index (χ0v) is 16.0. The zero-order valence-electron chi connectivity index (χ0n) is 14.3. The van der Waals surface area contributed by atoms with Crippen LogP contribution in [0.5, 0.6) is 11.5 Å². The van der Waals surface area contributed by atoms with E-state index >= 15 is 0 Å². The van der Waals surface area contributed by atoms with Gasteiger partial charge in [0.2, 0.25) is 0 Å². The van der Waals surface area contributed by atoms with Gasteiger partial charge in [0, 0.05) is 0 Å². The van der Waals surface area contributed by atoms with Gasteiger partial charge in [-0.3, -0.25) is 10.1 Å². The van der Waals surface area contributed by atoms with Crippen LogP contribution in [0, 0.1) is 21.4 Å². The van der Waals surface area contributed by atoms with E-state index in [9.17, 15) is 15.4 Å². The Kier molecular flexibility index (Phi) is 5.59. The van der Waals surface area contributed by atoms with Crippen molar-refractivity contribution < 1.29 is 14.4 Å². The number of benzene rings is 2. The molecule has 0 aliphatic heterocycles. The molecule has 0 fully saturated rings. The van der Waals surface area contributed by atoms with E-state index in [1.54, 1.807) is 0 Å². The molecule has 1 heterocycles. The number of ether oxygens (including phenoxy) is 2. The van der Waals surface area contributed by atoms with E-state index in [4.69, 9.17) is 9.47 Å². The average molecular weight is 399 g/mol. The Morgan fingerprint density at radius 3 is 2.63 bits per heavy atom. The lowest BCUT2D eigenvalue weighted by Gasteiger charge is -2.09. The molecule has 0 saturated carbocycles. The van der Waals surface area contributed by atoms with Crippen LogP contribution in [0.15, 0.2) is 45.6 Å². The van der Waals surface area contributed by atoms with E-state index in [1.807, 2.05) is 24.3 Å². The molecule has 0 unspecified atom stereocenters. The summed E-state index contributed by atoms with van der Waals surface area (Å²) in [5.74, 6) is 0.593. The van der Waals surface area contributed by atoms with E-state index < -0.39 is 4.92 Å². The van der Waals surface area contributed by atoms with Crippen LogP contribution < -0.4 is 9.47 Å². The maximum absolute atomic E-state index is 11.4. The molecule has 0 saturated heterocycles. The van der Waals surface area contributed by atoms with E-state index in [1.165, 1.54) is 55.5 Å². The number of nitro benzene ring substituents is 1. The molecule has 0 amide bonds. The molecule has 0 N–H and O–H groups in total. The van der Waals surface area contributed by atoms with Gasteiger partial charge in [0.05, 0.1) is 45.9 Å². The Hall–Kier alpha value is -3.09. The first-order chi connectivity index (χ1) is 13.0. The molecular formula is C18H13N3O4S2. The van der Waals surface area contributed by atoms with Crippen LogP contribution in [0.1, 0.15) is 5.56 Å². The first-order valence-electron chi connectivity index (χ1n) is 7.61. The molecule has 0 spiro atoms. The average Bonchev–Trinajstić information content (AvgIpc) is 3.09. The number of aromatic nitrogens is 1. The van der Waals surface area contributed by atoms with Crippen LogP contribution in [0.3, 0.4) is 0 Å². The van der Waals surface area contributed by atoms with Crippen LogP contribution >= 0.6 is 23.1 Å². The monoisotopic (exact) mass is 399 g/mol. The van der Waals surface area contributed by atoms with Crippen molar-refractivity contribution >= 4 is 45.1 Å². The predicted octanol–water partition coefficient (Wildman–Crippen LogP) is 4.88. The van der Waals surface area contributed by atoms with Crippen LogP contribution in [-0.4, -0.2) is 24.1 Å². The fourth-order valence-corrected chi connectivity index (χ4v) is 4.34. The number of nitriles is 1. The van der Waals surface area contributed by atoms with Gasteiger partial charge in [-0.05, 0) is 36.0 Å². The highest BCUT2D eigenvalue weighted by Crippen LogP contribution is 2.38. The second-order valence-electron chi connectivity index (χ2n) is 5.19. The second-order valence-corrected chi connectivity index (χ2v) is 7.51. The maximum atomic E-state index is 11.4. The van der Waals surface area contributed by atoms with E-state index in [2.05, 4.69) is 11.1 Å². The topological polar surface area (TPSA) is 98.3 Å². The molecule has 0 atom stereocenters. The lowest BCUT2D eigenvalue weighted by molar-refractivity contribution is -0.385. The third kappa shape index (κ3) is 4.02. The fourth-order valence-electron chi connectivity index (χ4n) is 2.37.